The minimum atomic E-state index is -0.219. The Hall–Kier alpha value is -3.14. The summed E-state index contributed by atoms with van der Waals surface area (Å²) in [5, 5.41) is 21.4. The SMILES string of the molecule is O=C(NCCCc1nc2ccccc2s1)c1cn[nH]c1-n1cnnn1. The molecule has 1 amide bonds. The number of aromatic amines is 1. The van der Waals surface area contributed by atoms with Gasteiger partial charge in [-0.15, -0.1) is 16.4 Å². The van der Waals surface area contributed by atoms with Gasteiger partial charge >= 0.3 is 0 Å². The first-order chi connectivity index (χ1) is 12.3. The Labute approximate surface area is 146 Å². The van der Waals surface area contributed by atoms with Crippen LogP contribution in [0.25, 0.3) is 16.0 Å². The van der Waals surface area contributed by atoms with Gasteiger partial charge in [-0.1, -0.05) is 12.1 Å². The van der Waals surface area contributed by atoms with E-state index in [-0.39, 0.29) is 5.91 Å². The molecule has 3 heterocycles. The standard InChI is InChI=1S/C15H14N8OS/c24-15(10-8-17-20-14(10)23-9-18-21-22-23)16-7-3-6-13-19-11-4-1-2-5-12(11)25-13/h1-2,4-5,8-9H,3,6-7H2,(H,16,24)(H,17,20). The fourth-order valence-electron chi connectivity index (χ4n) is 2.45. The molecule has 1 aromatic carbocycles. The Morgan fingerprint density at radius 3 is 3.08 bits per heavy atom. The Kier molecular flexibility index (Phi) is 4.17. The monoisotopic (exact) mass is 354 g/mol. The lowest BCUT2D eigenvalue weighted by Gasteiger charge is -2.04. The summed E-state index contributed by atoms with van der Waals surface area (Å²) in [5.41, 5.74) is 1.42. The zero-order valence-electron chi connectivity index (χ0n) is 13.1. The number of H-pyrrole nitrogens is 1. The number of amides is 1. The Morgan fingerprint density at radius 2 is 2.24 bits per heavy atom. The van der Waals surface area contributed by atoms with Gasteiger partial charge in [0.15, 0.2) is 5.82 Å². The van der Waals surface area contributed by atoms with Gasteiger partial charge in [-0.3, -0.25) is 9.89 Å². The maximum Gasteiger partial charge on any atom is 0.256 e. The zero-order chi connectivity index (χ0) is 17.1. The topological polar surface area (TPSA) is 114 Å². The van der Waals surface area contributed by atoms with Crippen molar-refractivity contribution in [2.75, 3.05) is 6.54 Å². The molecule has 0 fully saturated rings. The molecule has 2 N–H and O–H groups in total. The summed E-state index contributed by atoms with van der Waals surface area (Å²) in [4.78, 5) is 16.9. The van der Waals surface area contributed by atoms with Crippen LogP contribution in [-0.4, -0.2) is 47.8 Å². The second-order valence-electron chi connectivity index (χ2n) is 5.32. The summed E-state index contributed by atoms with van der Waals surface area (Å²) in [6.45, 7) is 0.551. The number of rotatable bonds is 6. The van der Waals surface area contributed by atoms with E-state index in [4.69, 9.17) is 0 Å². The van der Waals surface area contributed by atoms with Gasteiger partial charge in [-0.25, -0.2) is 4.98 Å². The molecule has 0 radical (unpaired) electrons. The van der Waals surface area contributed by atoms with Crippen molar-refractivity contribution < 1.29 is 4.79 Å². The first-order valence-electron chi connectivity index (χ1n) is 7.70. The molecule has 4 aromatic rings. The average Bonchev–Trinajstić information content (AvgIpc) is 3.37. The lowest BCUT2D eigenvalue weighted by molar-refractivity contribution is 0.0953. The number of carbonyl (C=O) groups excluding carboxylic acids is 1. The number of tetrazole rings is 1. The van der Waals surface area contributed by atoms with Gasteiger partial charge in [0.25, 0.3) is 5.91 Å². The largest absolute Gasteiger partial charge is 0.352 e. The van der Waals surface area contributed by atoms with Crippen molar-refractivity contribution in [3.8, 4) is 5.82 Å². The average molecular weight is 354 g/mol. The fourth-order valence-corrected chi connectivity index (χ4v) is 3.46. The van der Waals surface area contributed by atoms with E-state index in [1.165, 1.54) is 21.9 Å². The third-order valence-corrected chi connectivity index (χ3v) is 4.73. The molecule has 0 saturated carbocycles. The summed E-state index contributed by atoms with van der Waals surface area (Å²) in [5.74, 6) is 0.220. The van der Waals surface area contributed by atoms with Crippen LogP contribution < -0.4 is 5.32 Å². The van der Waals surface area contributed by atoms with Crippen molar-refractivity contribution in [1.82, 2.24) is 40.7 Å². The summed E-state index contributed by atoms with van der Waals surface area (Å²) in [6, 6.07) is 8.07. The molecule has 3 aromatic heterocycles. The molecule has 9 nitrogen and oxygen atoms in total. The Morgan fingerprint density at radius 1 is 1.32 bits per heavy atom. The minimum Gasteiger partial charge on any atom is -0.352 e. The maximum atomic E-state index is 12.3. The fraction of sp³-hybridized carbons (Fsp3) is 0.200. The van der Waals surface area contributed by atoms with Gasteiger partial charge in [0.1, 0.15) is 11.9 Å². The van der Waals surface area contributed by atoms with E-state index in [0.717, 1.165) is 23.4 Å². The molecule has 0 saturated heterocycles. The third kappa shape index (κ3) is 3.24. The molecule has 0 atom stereocenters. The number of nitrogens with one attached hydrogen (secondary N) is 2. The first-order valence-corrected chi connectivity index (χ1v) is 8.52. The number of carbonyl (C=O) groups is 1. The first kappa shape index (κ1) is 15.4. The number of hydrogen-bond donors (Lipinski definition) is 2. The highest BCUT2D eigenvalue weighted by molar-refractivity contribution is 7.18. The van der Waals surface area contributed by atoms with Gasteiger partial charge in [0.2, 0.25) is 0 Å². The molecular formula is C15H14N8OS. The highest BCUT2D eigenvalue weighted by Crippen LogP contribution is 2.22. The van der Waals surface area contributed by atoms with Crippen molar-refractivity contribution in [3.05, 3.63) is 47.4 Å². The second kappa shape index (κ2) is 6.77. The van der Waals surface area contributed by atoms with Crippen LogP contribution >= 0.6 is 11.3 Å². The number of hydrogen-bond acceptors (Lipinski definition) is 7. The van der Waals surface area contributed by atoms with Crippen LogP contribution in [0.2, 0.25) is 0 Å². The van der Waals surface area contributed by atoms with Crippen molar-refractivity contribution >= 4 is 27.5 Å². The quantitative estimate of drug-likeness (QED) is 0.505. The summed E-state index contributed by atoms with van der Waals surface area (Å²) >= 11 is 1.69. The van der Waals surface area contributed by atoms with E-state index in [0.29, 0.717) is 17.9 Å². The number of para-hydroxylation sites is 1. The molecule has 0 spiro atoms. The number of nitrogens with zero attached hydrogens (tertiary/aromatic N) is 6. The number of fused-ring (bicyclic) bond motifs is 1. The molecule has 0 unspecified atom stereocenters. The van der Waals surface area contributed by atoms with Crippen LogP contribution in [0.4, 0.5) is 0 Å². The van der Waals surface area contributed by atoms with Crippen LogP contribution in [0.1, 0.15) is 21.8 Å². The van der Waals surface area contributed by atoms with Gasteiger partial charge in [0.05, 0.1) is 21.4 Å². The zero-order valence-corrected chi connectivity index (χ0v) is 13.9. The van der Waals surface area contributed by atoms with Crippen molar-refractivity contribution in [1.29, 1.82) is 0 Å². The highest BCUT2D eigenvalue weighted by Gasteiger charge is 2.15. The van der Waals surface area contributed by atoms with E-state index in [1.807, 2.05) is 18.2 Å². The summed E-state index contributed by atoms with van der Waals surface area (Å²) < 4.78 is 2.55. The molecule has 0 aliphatic heterocycles. The van der Waals surface area contributed by atoms with Crippen LogP contribution in [-0.2, 0) is 6.42 Å². The van der Waals surface area contributed by atoms with E-state index >= 15 is 0 Å². The highest BCUT2D eigenvalue weighted by atomic mass is 32.1. The molecular weight excluding hydrogens is 340 g/mol. The van der Waals surface area contributed by atoms with E-state index in [1.54, 1.807) is 11.3 Å². The number of thiazole rings is 1. The van der Waals surface area contributed by atoms with Crippen LogP contribution in [0.15, 0.2) is 36.8 Å². The van der Waals surface area contributed by atoms with Crippen LogP contribution in [0.5, 0.6) is 0 Å². The van der Waals surface area contributed by atoms with Crippen molar-refractivity contribution in [2.24, 2.45) is 0 Å². The van der Waals surface area contributed by atoms with Crippen LogP contribution in [0.3, 0.4) is 0 Å². The number of benzene rings is 1. The predicted octanol–water partition coefficient (Wildman–Crippen LogP) is 1.36. The predicted molar refractivity (Wildman–Crippen MR) is 91.6 cm³/mol. The maximum absolute atomic E-state index is 12.3. The minimum absolute atomic E-state index is 0.219. The summed E-state index contributed by atoms with van der Waals surface area (Å²) in [6.07, 6.45) is 4.49. The molecule has 0 bridgehead atoms. The van der Waals surface area contributed by atoms with Gasteiger partial charge in [-0.05, 0) is 29.0 Å². The smallest absolute Gasteiger partial charge is 0.256 e. The Bertz CT molecular complexity index is 957. The van der Waals surface area contributed by atoms with Crippen LogP contribution in [0, 0.1) is 0 Å². The van der Waals surface area contributed by atoms with Gasteiger partial charge in [0, 0.05) is 13.0 Å². The van der Waals surface area contributed by atoms with Gasteiger partial charge in [-0.2, -0.15) is 9.78 Å². The van der Waals surface area contributed by atoms with Gasteiger partial charge < -0.3 is 5.32 Å². The number of aryl methyl sites for hydroxylation is 1. The molecule has 126 valence electrons. The normalized spacial score (nSPS) is 11.0. The van der Waals surface area contributed by atoms with E-state index in [9.17, 15) is 4.79 Å². The molecule has 0 aliphatic rings. The molecule has 10 heteroatoms. The molecule has 4 rings (SSSR count). The summed E-state index contributed by atoms with van der Waals surface area (Å²) in [7, 11) is 0. The Balaban J connectivity index is 1.33. The second-order valence-corrected chi connectivity index (χ2v) is 6.44. The van der Waals surface area contributed by atoms with Crippen molar-refractivity contribution in [3.63, 3.8) is 0 Å². The van der Waals surface area contributed by atoms with E-state index in [2.05, 4.69) is 42.1 Å². The molecule has 25 heavy (non-hydrogen) atoms. The third-order valence-electron chi connectivity index (χ3n) is 3.63. The number of aromatic nitrogens is 7. The molecule has 0 aliphatic carbocycles. The lowest BCUT2D eigenvalue weighted by Crippen LogP contribution is -2.25. The lowest BCUT2D eigenvalue weighted by atomic mass is 10.2. The van der Waals surface area contributed by atoms with E-state index < -0.39 is 0 Å². The van der Waals surface area contributed by atoms with Crippen molar-refractivity contribution in [2.45, 2.75) is 12.8 Å².